The van der Waals surface area contributed by atoms with Crippen LogP contribution in [0.3, 0.4) is 0 Å². The first kappa shape index (κ1) is 14.5. The van der Waals surface area contributed by atoms with E-state index in [1.54, 1.807) is 6.92 Å². The van der Waals surface area contributed by atoms with Crippen LogP contribution in [-0.4, -0.2) is 35.9 Å². The maximum Gasteiger partial charge on any atom is 0.308 e. The van der Waals surface area contributed by atoms with Crippen LogP contribution in [0, 0.1) is 0 Å². The van der Waals surface area contributed by atoms with Crippen LogP contribution in [-0.2, 0) is 9.53 Å². The molecule has 0 aromatic heterocycles. The Labute approximate surface area is 104 Å². The molecule has 2 N–H and O–H groups in total. The Bertz CT molecular complexity index is 237. The second-order valence-corrected chi connectivity index (χ2v) is 5.17. The van der Waals surface area contributed by atoms with Crippen LogP contribution in [0.1, 0.15) is 52.4 Å². The van der Waals surface area contributed by atoms with Gasteiger partial charge in [0, 0.05) is 12.1 Å². The van der Waals surface area contributed by atoms with Crippen molar-refractivity contribution >= 4 is 5.97 Å². The molecule has 0 amide bonds. The van der Waals surface area contributed by atoms with Gasteiger partial charge in [-0.2, -0.15) is 0 Å². The minimum Gasteiger partial charge on any atom is -0.466 e. The van der Waals surface area contributed by atoms with Crippen LogP contribution in [0.4, 0.5) is 0 Å². The summed E-state index contributed by atoms with van der Waals surface area (Å²) in [6, 6.07) is 0. The number of ether oxygens (including phenoxy) is 1. The monoisotopic (exact) mass is 243 g/mol. The summed E-state index contributed by atoms with van der Waals surface area (Å²) < 4.78 is 4.80. The number of esters is 1. The highest BCUT2D eigenvalue weighted by Gasteiger charge is 2.26. The zero-order valence-electron chi connectivity index (χ0n) is 11.0. The maximum absolute atomic E-state index is 11.2. The van der Waals surface area contributed by atoms with Crippen molar-refractivity contribution in [3.63, 3.8) is 0 Å². The van der Waals surface area contributed by atoms with Gasteiger partial charge in [-0.3, -0.25) is 4.79 Å². The summed E-state index contributed by atoms with van der Waals surface area (Å²) in [6.45, 7) is 4.81. The van der Waals surface area contributed by atoms with Crippen molar-refractivity contribution in [1.82, 2.24) is 5.32 Å². The Morgan fingerprint density at radius 1 is 1.41 bits per heavy atom. The lowest BCUT2D eigenvalue weighted by Gasteiger charge is -2.35. The van der Waals surface area contributed by atoms with Crippen LogP contribution < -0.4 is 5.32 Å². The van der Waals surface area contributed by atoms with Crippen LogP contribution >= 0.6 is 0 Å². The summed E-state index contributed by atoms with van der Waals surface area (Å²) in [5.74, 6) is -0.324. The molecular formula is C13H25NO3. The van der Waals surface area contributed by atoms with E-state index in [-0.39, 0.29) is 17.9 Å². The third-order valence-corrected chi connectivity index (χ3v) is 3.43. The molecule has 0 aromatic rings. The third kappa shape index (κ3) is 5.50. The highest BCUT2D eigenvalue weighted by molar-refractivity contribution is 5.69. The molecule has 1 aliphatic carbocycles. The summed E-state index contributed by atoms with van der Waals surface area (Å²) in [4.78, 5) is 11.2. The van der Waals surface area contributed by atoms with Crippen molar-refractivity contribution in [1.29, 1.82) is 0 Å². The number of hydrogen-bond acceptors (Lipinski definition) is 4. The lowest BCUT2D eigenvalue weighted by atomic mass is 9.83. The Kier molecular flexibility index (Phi) is 5.92. The van der Waals surface area contributed by atoms with Crippen molar-refractivity contribution in [2.45, 2.75) is 64.0 Å². The molecule has 0 saturated heterocycles. The molecule has 0 heterocycles. The van der Waals surface area contributed by atoms with Crippen molar-refractivity contribution in [2.24, 2.45) is 0 Å². The predicted molar refractivity (Wildman–Crippen MR) is 66.7 cm³/mol. The average Bonchev–Trinajstić information content (AvgIpc) is 2.28. The fraction of sp³-hybridized carbons (Fsp3) is 0.923. The van der Waals surface area contributed by atoms with E-state index < -0.39 is 6.10 Å². The van der Waals surface area contributed by atoms with Crippen LogP contribution in [0.5, 0.6) is 0 Å². The first-order valence-corrected chi connectivity index (χ1v) is 6.64. The van der Waals surface area contributed by atoms with Gasteiger partial charge in [-0.1, -0.05) is 19.3 Å². The van der Waals surface area contributed by atoms with Crippen LogP contribution in [0.15, 0.2) is 0 Å². The fourth-order valence-corrected chi connectivity index (χ4v) is 2.36. The predicted octanol–water partition coefficient (Wildman–Crippen LogP) is 1.61. The second-order valence-electron chi connectivity index (χ2n) is 5.17. The highest BCUT2D eigenvalue weighted by Crippen LogP contribution is 2.27. The molecule has 1 saturated carbocycles. The first-order valence-electron chi connectivity index (χ1n) is 6.64. The molecule has 1 atom stereocenters. The minimum absolute atomic E-state index is 0.0803. The highest BCUT2D eigenvalue weighted by atomic mass is 16.5. The lowest BCUT2D eigenvalue weighted by Crippen LogP contribution is -2.47. The molecule has 1 aliphatic rings. The van der Waals surface area contributed by atoms with E-state index in [4.69, 9.17) is 4.74 Å². The molecular weight excluding hydrogens is 218 g/mol. The van der Waals surface area contributed by atoms with Gasteiger partial charge in [-0.15, -0.1) is 0 Å². The molecule has 0 radical (unpaired) electrons. The summed E-state index contributed by atoms with van der Waals surface area (Å²) >= 11 is 0. The third-order valence-electron chi connectivity index (χ3n) is 3.43. The number of carbonyl (C=O) groups is 1. The largest absolute Gasteiger partial charge is 0.466 e. The lowest BCUT2D eigenvalue weighted by molar-refractivity contribution is -0.145. The second kappa shape index (κ2) is 6.97. The molecule has 17 heavy (non-hydrogen) atoms. The minimum atomic E-state index is -0.646. The van der Waals surface area contributed by atoms with E-state index in [0.717, 1.165) is 12.8 Å². The molecule has 4 heteroatoms. The number of rotatable bonds is 6. The van der Waals surface area contributed by atoms with E-state index >= 15 is 0 Å². The number of β-amino-alcohol motifs (C(OH)–C–C–N with tert-alkyl or cyclic N) is 1. The zero-order chi connectivity index (χ0) is 12.7. The molecule has 0 aliphatic heterocycles. The van der Waals surface area contributed by atoms with Gasteiger partial charge in [0.2, 0.25) is 0 Å². The van der Waals surface area contributed by atoms with Crippen molar-refractivity contribution in [2.75, 3.05) is 13.2 Å². The molecule has 0 spiro atoms. The smallest absolute Gasteiger partial charge is 0.308 e. The van der Waals surface area contributed by atoms with Gasteiger partial charge < -0.3 is 15.2 Å². The Morgan fingerprint density at radius 2 is 2.06 bits per heavy atom. The van der Waals surface area contributed by atoms with E-state index in [9.17, 15) is 9.90 Å². The van der Waals surface area contributed by atoms with Gasteiger partial charge in [0.05, 0.1) is 19.1 Å². The van der Waals surface area contributed by atoms with E-state index in [0.29, 0.717) is 13.2 Å². The van der Waals surface area contributed by atoms with Gasteiger partial charge in [0.25, 0.3) is 0 Å². The summed E-state index contributed by atoms with van der Waals surface area (Å²) in [6.07, 6.45) is 5.54. The summed E-state index contributed by atoms with van der Waals surface area (Å²) in [5.41, 5.74) is 0.133. The van der Waals surface area contributed by atoms with Gasteiger partial charge in [-0.05, 0) is 26.7 Å². The quantitative estimate of drug-likeness (QED) is 0.696. The average molecular weight is 243 g/mol. The summed E-state index contributed by atoms with van der Waals surface area (Å²) in [7, 11) is 0. The SMILES string of the molecule is CCOC(=O)CC(O)CNC1(C)CCCCC1. The molecule has 1 unspecified atom stereocenters. The number of nitrogens with one attached hydrogen (secondary N) is 1. The Balaban J connectivity index is 2.22. The normalized spacial score (nSPS) is 20.9. The molecule has 1 rings (SSSR count). The molecule has 0 aromatic carbocycles. The number of aliphatic hydroxyl groups excluding tert-OH is 1. The fourth-order valence-electron chi connectivity index (χ4n) is 2.36. The zero-order valence-corrected chi connectivity index (χ0v) is 11.0. The van der Waals surface area contributed by atoms with E-state index in [1.807, 2.05) is 0 Å². The number of carbonyl (C=O) groups excluding carboxylic acids is 1. The van der Waals surface area contributed by atoms with E-state index in [2.05, 4.69) is 12.2 Å². The van der Waals surface area contributed by atoms with Gasteiger partial charge in [0.15, 0.2) is 0 Å². The van der Waals surface area contributed by atoms with Crippen molar-refractivity contribution < 1.29 is 14.6 Å². The number of hydrogen-bond donors (Lipinski definition) is 2. The Hall–Kier alpha value is -0.610. The standard InChI is InChI=1S/C13H25NO3/c1-3-17-12(16)9-11(15)10-14-13(2)7-5-4-6-8-13/h11,14-15H,3-10H2,1-2H3. The molecule has 1 fully saturated rings. The topological polar surface area (TPSA) is 58.6 Å². The van der Waals surface area contributed by atoms with Gasteiger partial charge in [0.1, 0.15) is 0 Å². The van der Waals surface area contributed by atoms with Gasteiger partial charge in [-0.25, -0.2) is 0 Å². The first-order chi connectivity index (χ1) is 8.06. The van der Waals surface area contributed by atoms with Crippen molar-refractivity contribution in [3.8, 4) is 0 Å². The Morgan fingerprint density at radius 3 is 2.65 bits per heavy atom. The molecule has 0 bridgehead atoms. The molecule has 100 valence electrons. The van der Waals surface area contributed by atoms with E-state index in [1.165, 1.54) is 19.3 Å². The van der Waals surface area contributed by atoms with Crippen LogP contribution in [0.25, 0.3) is 0 Å². The molecule has 4 nitrogen and oxygen atoms in total. The van der Waals surface area contributed by atoms with Gasteiger partial charge >= 0.3 is 5.97 Å². The maximum atomic E-state index is 11.2. The summed E-state index contributed by atoms with van der Waals surface area (Å²) in [5, 5.41) is 13.1. The van der Waals surface area contributed by atoms with Crippen LogP contribution in [0.2, 0.25) is 0 Å². The van der Waals surface area contributed by atoms with Crippen molar-refractivity contribution in [3.05, 3.63) is 0 Å². The number of aliphatic hydroxyl groups is 1.